The maximum Gasteiger partial charge on any atom is 0.573 e. The predicted octanol–water partition coefficient (Wildman–Crippen LogP) is 4.30. The van der Waals surface area contributed by atoms with Gasteiger partial charge in [-0.05, 0) is 66.4 Å². The molecule has 0 saturated heterocycles. The average Bonchev–Trinajstić information content (AvgIpc) is 3.49. The first-order chi connectivity index (χ1) is 16.9. The van der Waals surface area contributed by atoms with Crippen molar-refractivity contribution in [2.75, 3.05) is 12.1 Å². The number of alkyl halides is 3. The van der Waals surface area contributed by atoms with E-state index in [1.54, 1.807) is 18.2 Å². The number of halogens is 3. The summed E-state index contributed by atoms with van der Waals surface area (Å²) in [5.41, 5.74) is 0.431. The van der Waals surface area contributed by atoms with Crippen molar-refractivity contribution >= 4 is 21.6 Å². The second kappa shape index (κ2) is 8.42. The standard InChI is InChI=1S/C24H19F3N2O6S/c25-24(26,27)35-19-8-4-16(12-18(19)14-1-5-17(6-2-14)36(28,31)32)29-22(30)23(9-10-23)15-3-7-20-21(11-15)34-13-33-20/h1-8,11-12H,9-10,13H2,(H,29,30)(H2,28,31,32). The van der Waals surface area contributed by atoms with Gasteiger partial charge in [-0.1, -0.05) is 18.2 Å². The number of rotatable bonds is 6. The summed E-state index contributed by atoms with van der Waals surface area (Å²) in [7, 11) is -3.99. The number of anilines is 1. The van der Waals surface area contributed by atoms with Crippen molar-refractivity contribution in [3.8, 4) is 28.4 Å². The molecule has 0 spiro atoms. The van der Waals surface area contributed by atoms with Gasteiger partial charge in [0.1, 0.15) is 5.75 Å². The molecule has 3 aromatic rings. The van der Waals surface area contributed by atoms with Gasteiger partial charge in [-0.3, -0.25) is 4.79 Å². The van der Waals surface area contributed by atoms with E-state index in [1.807, 2.05) is 0 Å². The molecule has 1 aliphatic heterocycles. The van der Waals surface area contributed by atoms with Gasteiger partial charge in [-0.2, -0.15) is 0 Å². The number of hydrogen-bond acceptors (Lipinski definition) is 6. The normalized spacial score (nSPS) is 15.9. The van der Waals surface area contributed by atoms with Crippen LogP contribution in [-0.2, 0) is 20.2 Å². The quantitative estimate of drug-likeness (QED) is 0.501. The molecule has 8 nitrogen and oxygen atoms in total. The number of carbonyl (C=O) groups is 1. The van der Waals surface area contributed by atoms with E-state index in [4.69, 9.17) is 14.6 Å². The Hall–Kier alpha value is -3.77. The highest BCUT2D eigenvalue weighted by atomic mass is 32.2. The van der Waals surface area contributed by atoms with E-state index in [9.17, 15) is 26.4 Å². The Labute approximate surface area is 203 Å². The molecule has 12 heteroatoms. The highest BCUT2D eigenvalue weighted by Gasteiger charge is 2.51. The Morgan fingerprint density at radius 1 is 0.972 bits per heavy atom. The molecule has 0 atom stereocenters. The lowest BCUT2D eigenvalue weighted by atomic mass is 9.94. The van der Waals surface area contributed by atoms with Crippen LogP contribution in [0.5, 0.6) is 17.2 Å². The van der Waals surface area contributed by atoms with Gasteiger partial charge in [0.05, 0.1) is 10.3 Å². The zero-order valence-corrected chi connectivity index (χ0v) is 19.3. The third-order valence-corrected chi connectivity index (χ3v) is 7.00. The molecule has 0 unspecified atom stereocenters. The number of amides is 1. The molecule has 0 bridgehead atoms. The van der Waals surface area contributed by atoms with Crippen LogP contribution in [-0.4, -0.2) is 27.5 Å². The van der Waals surface area contributed by atoms with Crippen molar-refractivity contribution in [1.82, 2.24) is 0 Å². The number of benzene rings is 3. The van der Waals surface area contributed by atoms with Crippen LogP contribution in [0.4, 0.5) is 18.9 Å². The summed E-state index contributed by atoms with van der Waals surface area (Å²) in [5, 5.41) is 7.88. The first-order valence-electron chi connectivity index (χ1n) is 10.7. The number of primary sulfonamides is 1. The number of nitrogens with one attached hydrogen (secondary N) is 1. The molecular formula is C24H19F3N2O6S. The number of nitrogens with two attached hydrogens (primary N) is 1. The van der Waals surface area contributed by atoms with Crippen LogP contribution in [0, 0.1) is 0 Å². The molecule has 2 aliphatic rings. The van der Waals surface area contributed by atoms with E-state index in [2.05, 4.69) is 10.1 Å². The number of sulfonamides is 1. The second-order valence-corrected chi connectivity index (χ2v) is 9.99. The van der Waals surface area contributed by atoms with Crippen LogP contribution in [0.1, 0.15) is 18.4 Å². The monoisotopic (exact) mass is 520 g/mol. The van der Waals surface area contributed by atoms with Gasteiger partial charge >= 0.3 is 6.36 Å². The molecule has 0 radical (unpaired) electrons. The van der Waals surface area contributed by atoms with Crippen LogP contribution in [0.2, 0.25) is 0 Å². The van der Waals surface area contributed by atoms with E-state index >= 15 is 0 Å². The zero-order valence-electron chi connectivity index (χ0n) is 18.5. The number of carbonyl (C=O) groups excluding carboxylic acids is 1. The van der Waals surface area contributed by atoms with Gasteiger partial charge in [0.15, 0.2) is 11.5 Å². The van der Waals surface area contributed by atoms with Crippen LogP contribution < -0.4 is 24.7 Å². The van der Waals surface area contributed by atoms with Gasteiger partial charge < -0.3 is 19.5 Å². The molecule has 1 saturated carbocycles. The van der Waals surface area contributed by atoms with Crippen molar-refractivity contribution in [3.63, 3.8) is 0 Å². The molecule has 1 amide bonds. The summed E-state index contributed by atoms with van der Waals surface area (Å²) in [6, 6.07) is 14.0. The van der Waals surface area contributed by atoms with Gasteiger partial charge in [-0.25, -0.2) is 13.6 Å². The molecule has 0 aromatic heterocycles. The molecule has 1 fully saturated rings. The minimum atomic E-state index is -4.96. The highest BCUT2D eigenvalue weighted by molar-refractivity contribution is 7.89. The molecule has 5 rings (SSSR count). The number of ether oxygens (including phenoxy) is 3. The van der Waals surface area contributed by atoms with Gasteiger partial charge in [0.25, 0.3) is 0 Å². The SMILES string of the molecule is NS(=O)(=O)c1ccc(-c2cc(NC(=O)C3(c4ccc5c(c4)OCO5)CC3)ccc2OC(F)(F)F)cc1. The van der Waals surface area contributed by atoms with Crippen molar-refractivity contribution in [2.45, 2.75) is 29.5 Å². The average molecular weight is 520 g/mol. The molecule has 36 heavy (non-hydrogen) atoms. The first-order valence-corrected chi connectivity index (χ1v) is 12.2. The summed E-state index contributed by atoms with van der Waals surface area (Å²) in [6.07, 6.45) is -3.78. The molecule has 1 aliphatic carbocycles. The van der Waals surface area contributed by atoms with E-state index in [0.29, 0.717) is 24.3 Å². The molecule has 3 N–H and O–H groups in total. The van der Waals surface area contributed by atoms with Gasteiger partial charge in [-0.15, -0.1) is 13.2 Å². The van der Waals surface area contributed by atoms with Crippen molar-refractivity contribution in [2.24, 2.45) is 5.14 Å². The largest absolute Gasteiger partial charge is 0.573 e. The van der Waals surface area contributed by atoms with Crippen LogP contribution in [0.3, 0.4) is 0 Å². The Morgan fingerprint density at radius 2 is 1.67 bits per heavy atom. The first kappa shape index (κ1) is 23.9. The van der Waals surface area contributed by atoms with Crippen molar-refractivity contribution in [1.29, 1.82) is 0 Å². The van der Waals surface area contributed by atoms with Crippen LogP contribution in [0.15, 0.2) is 65.6 Å². The summed E-state index contributed by atoms with van der Waals surface area (Å²) in [5.74, 6) is 0.306. The smallest absolute Gasteiger partial charge is 0.454 e. The van der Waals surface area contributed by atoms with Gasteiger partial charge in [0.2, 0.25) is 22.7 Å². The fourth-order valence-electron chi connectivity index (χ4n) is 4.09. The number of hydrogen-bond donors (Lipinski definition) is 2. The minimum absolute atomic E-state index is 0.000907. The minimum Gasteiger partial charge on any atom is -0.454 e. The Morgan fingerprint density at radius 3 is 2.31 bits per heavy atom. The highest BCUT2D eigenvalue weighted by Crippen LogP contribution is 2.51. The molecule has 1 heterocycles. The predicted molar refractivity (Wildman–Crippen MR) is 122 cm³/mol. The fourth-order valence-corrected chi connectivity index (χ4v) is 4.60. The molecule has 3 aromatic carbocycles. The van der Waals surface area contributed by atoms with E-state index in [-0.39, 0.29) is 34.4 Å². The Bertz CT molecular complexity index is 1450. The third-order valence-electron chi connectivity index (χ3n) is 6.07. The summed E-state index contributed by atoms with van der Waals surface area (Å²) >= 11 is 0. The number of fused-ring (bicyclic) bond motifs is 1. The fraction of sp³-hybridized carbons (Fsp3) is 0.208. The topological polar surface area (TPSA) is 117 Å². The van der Waals surface area contributed by atoms with E-state index in [0.717, 1.165) is 11.6 Å². The lowest BCUT2D eigenvalue weighted by molar-refractivity contribution is -0.274. The second-order valence-electron chi connectivity index (χ2n) is 8.43. The molecule has 188 valence electrons. The van der Waals surface area contributed by atoms with Crippen molar-refractivity contribution < 1.29 is 40.6 Å². The van der Waals surface area contributed by atoms with Crippen LogP contribution in [0.25, 0.3) is 11.1 Å². The Kier molecular flexibility index (Phi) is 5.60. The van der Waals surface area contributed by atoms with E-state index < -0.39 is 27.6 Å². The lowest BCUT2D eigenvalue weighted by Gasteiger charge is -2.18. The maximum absolute atomic E-state index is 13.2. The van der Waals surface area contributed by atoms with Crippen LogP contribution >= 0.6 is 0 Å². The zero-order chi connectivity index (χ0) is 25.7. The maximum atomic E-state index is 13.2. The summed E-state index contributed by atoms with van der Waals surface area (Å²) in [4.78, 5) is 13.0. The van der Waals surface area contributed by atoms with Gasteiger partial charge in [0, 0.05) is 11.3 Å². The van der Waals surface area contributed by atoms with E-state index in [1.165, 1.54) is 36.4 Å². The summed E-state index contributed by atoms with van der Waals surface area (Å²) in [6.45, 7) is 0.102. The third kappa shape index (κ3) is 4.69. The van der Waals surface area contributed by atoms with Crippen molar-refractivity contribution in [3.05, 3.63) is 66.2 Å². The lowest BCUT2D eigenvalue weighted by Crippen LogP contribution is -2.27. The molecular weight excluding hydrogens is 501 g/mol. The summed E-state index contributed by atoms with van der Waals surface area (Å²) < 4.78 is 77.0. The Balaban J connectivity index is 1.45.